The van der Waals surface area contributed by atoms with E-state index in [0.29, 0.717) is 16.5 Å². The molecule has 3 heteroatoms. The van der Waals surface area contributed by atoms with E-state index in [4.69, 9.17) is 23.2 Å². The molecule has 0 aliphatic heterocycles. The van der Waals surface area contributed by atoms with Gasteiger partial charge in [-0.05, 0) is 40.1 Å². The number of benzene rings is 3. The quantitative estimate of drug-likeness (QED) is 0.683. The zero-order valence-electron chi connectivity index (χ0n) is 11.3. The minimum Gasteiger partial charge on any atom is -0.388 e. The first-order valence-corrected chi connectivity index (χ1v) is 7.49. The van der Waals surface area contributed by atoms with Gasteiger partial charge in [-0.2, -0.15) is 0 Å². The number of hydrogen-bond donors (Lipinski definition) is 1. The normalized spacial score (nSPS) is 12.5. The first-order chi connectivity index (χ1) is 10.1. The summed E-state index contributed by atoms with van der Waals surface area (Å²) in [7, 11) is 0. The Morgan fingerprint density at radius 1 is 0.810 bits per heavy atom. The molecule has 1 nitrogen and oxygen atoms in total. The second kappa shape index (κ2) is 6.07. The molecule has 0 bridgehead atoms. The fourth-order valence-corrected chi connectivity index (χ4v) is 3.02. The van der Waals surface area contributed by atoms with Crippen LogP contribution >= 0.6 is 23.2 Å². The number of fused-ring (bicyclic) bond motifs is 1. The van der Waals surface area contributed by atoms with Crippen LogP contribution in [0, 0.1) is 0 Å². The molecule has 0 fully saturated rings. The van der Waals surface area contributed by atoms with Gasteiger partial charge >= 0.3 is 0 Å². The van der Waals surface area contributed by atoms with E-state index in [0.717, 1.165) is 11.1 Å². The van der Waals surface area contributed by atoms with E-state index in [1.807, 2.05) is 18.2 Å². The Kier molecular flexibility index (Phi) is 4.16. The maximum Gasteiger partial charge on any atom is 0.0831 e. The lowest BCUT2D eigenvalue weighted by atomic mass is 9.99. The summed E-state index contributed by atoms with van der Waals surface area (Å²) < 4.78 is 0. The van der Waals surface area contributed by atoms with E-state index >= 15 is 0 Å². The van der Waals surface area contributed by atoms with Gasteiger partial charge in [0.15, 0.2) is 0 Å². The minimum absolute atomic E-state index is 0.529. The Balaban J connectivity index is 1.86. The van der Waals surface area contributed by atoms with Crippen LogP contribution in [0.2, 0.25) is 10.0 Å². The predicted molar refractivity (Wildman–Crippen MR) is 89.1 cm³/mol. The molecule has 0 radical (unpaired) electrons. The Morgan fingerprint density at radius 2 is 1.48 bits per heavy atom. The second-order valence-corrected chi connectivity index (χ2v) is 5.98. The van der Waals surface area contributed by atoms with Crippen LogP contribution in [-0.4, -0.2) is 5.11 Å². The summed E-state index contributed by atoms with van der Waals surface area (Å²) in [6, 6.07) is 19.6. The second-order valence-electron chi connectivity index (χ2n) is 5.10. The van der Waals surface area contributed by atoms with Crippen LogP contribution in [0.3, 0.4) is 0 Å². The zero-order chi connectivity index (χ0) is 14.8. The highest BCUT2D eigenvalue weighted by Crippen LogP contribution is 2.26. The monoisotopic (exact) mass is 316 g/mol. The molecule has 0 spiro atoms. The van der Waals surface area contributed by atoms with Gasteiger partial charge in [-0.15, -0.1) is 0 Å². The predicted octanol–water partition coefficient (Wildman–Crippen LogP) is 5.42. The molecule has 1 N–H and O–H groups in total. The molecule has 0 saturated carbocycles. The van der Waals surface area contributed by atoms with Crippen molar-refractivity contribution < 1.29 is 5.11 Å². The Hall–Kier alpha value is -1.54. The number of halogens is 2. The molecule has 3 aromatic rings. The van der Waals surface area contributed by atoms with Crippen molar-refractivity contribution in [3.63, 3.8) is 0 Å². The lowest BCUT2D eigenvalue weighted by molar-refractivity contribution is 0.178. The summed E-state index contributed by atoms with van der Waals surface area (Å²) in [5.74, 6) is 0. The summed E-state index contributed by atoms with van der Waals surface area (Å²) in [5, 5.41) is 13.8. The van der Waals surface area contributed by atoms with Crippen molar-refractivity contribution in [1.29, 1.82) is 0 Å². The van der Waals surface area contributed by atoms with Crippen LogP contribution in [-0.2, 0) is 6.42 Å². The van der Waals surface area contributed by atoms with Crippen molar-refractivity contribution >= 4 is 34.0 Å². The van der Waals surface area contributed by atoms with Gasteiger partial charge in [-0.1, -0.05) is 65.7 Å². The molecule has 3 rings (SSSR count). The lowest BCUT2D eigenvalue weighted by Crippen LogP contribution is -2.02. The Bertz CT molecular complexity index is 763. The maximum absolute atomic E-state index is 10.4. The first kappa shape index (κ1) is 14.4. The van der Waals surface area contributed by atoms with E-state index in [2.05, 4.69) is 24.3 Å². The third-order valence-corrected chi connectivity index (χ3v) is 3.95. The molecule has 1 atom stereocenters. The number of rotatable bonds is 3. The van der Waals surface area contributed by atoms with E-state index < -0.39 is 6.10 Å². The van der Waals surface area contributed by atoms with Gasteiger partial charge < -0.3 is 5.11 Å². The molecule has 3 aromatic carbocycles. The van der Waals surface area contributed by atoms with Crippen molar-refractivity contribution in [2.75, 3.05) is 0 Å². The fraction of sp³-hybridized carbons (Fsp3) is 0.111. The first-order valence-electron chi connectivity index (χ1n) is 6.73. The standard InChI is InChI=1S/C18H14Cl2O/c19-16-9-15(10-17(20)11-16)18(21)8-12-5-6-13-3-1-2-4-14(13)7-12/h1-7,9-11,18,21H,8H2. The number of aliphatic hydroxyl groups excluding tert-OH is 1. The molecule has 0 aliphatic carbocycles. The minimum atomic E-state index is -0.623. The lowest BCUT2D eigenvalue weighted by Gasteiger charge is -2.12. The summed E-state index contributed by atoms with van der Waals surface area (Å²) >= 11 is 12.0. The largest absolute Gasteiger partial charge is 0.388 e. The highest BCUT2D eigenvalue weighted by Gasteiger charge is 2.11. The van der Waals surface area contributed by atoms with Gasteiger partial charge in [0, 0.05) is 16.5 Å². The molecule has 0 heterocycles. The molecule has 106 valence electrons. The average Bonchev–Trinajstić information content (AvgIpc) is 2.46. The van der Waals surface area contributed by atoms with Crippen molar-refractivity contribution in [2.45, 2.75) is 12.5 Å². The van der Waals surface area contributed by atoms with Gasteiger partial charge in [0.1, 0.15) is 0 Å². The van der Waals surface area contributed by atoms with Crippen LogP contribution in [0.4, 0.5) is 0 Å². The molecular weight excluding hydrogens is 303 g/mol. The highest BCUT2D eigenvalue weighted by molar-refractivity contribution is 6.34. The van der Waals surface area contributed by atoms with Crippen LogP contribution in [0.15, 0.2) is 60.7 Å². The van der Waals surface area contributed by atoms with E-state index in [1.165, 1.54) is 10.8 Å². The smallest absolute Gasteiger partial charge is 0.0831 e. The zero-order valence-corrected chi connectivity index (χ0v) is 12.8. The summed E-state index contributed by atoms with van der Waals surface area (Å²) in [6.07, 6.45) is -0.0935. The molecule has 0 aromatic heterocycles. The van der Waals surface area contributed by atoms with E-state index in [9.17, 15) is 5.11 Å². The van der Waals surface area contributed by atoms with Gasteiger partial charge in [-0.3, -0.25) is 0 Å². The van der Waals surface area contributed by atoms with Gasteiger partial charge in [0.25, 0.3) is 0 Å². The molecule has 0 amide bonds. The number of hydrogen-bond acceptors (Lipinski definition) is 1. The van der Waals surface area contributed by atoms with Gasteiger partial charge in [0.2, 0.25) is 0 Å². The van der Waals surface area contributed by atoms with E-state index in [-0.39, 0.29) is 0 Å². The molecule has 1 unspecified atom stereocenters. The average molecular weight is 317 g/mol. The highest BCUT2D eigenvalue weighted by atomic mass is 35.5. The van der Waals surface area contributed by atoms with Crippen molar-refractivity contribution in [3.8, 4) is 0 Å². The SMILES string of the molecule is OC(Cc1ccc2ccccc2c1)c1cc(Cl)cc(Cl)c1. The van der Waals surface area contributed by atoms with Gasteiger partial charge in [-0.25, -0.2) is 0 Å². The Labute approximate surface area is 133 Å². The molecule has 0 saturated heterocycles. The third kappa shape index (κ3) is 3.38. The van der Waals surface area contributed by atoms with Crippen molar-refractivity contribution in [2.24, 2.45) is 0 Å². The van der Waals surface area contributed by atoms with Gasteiger partial charge in [0.05, 0.1) is 6.10 Å². The van der Waals surface area contributed by atoms with Crippen LogP contribution in [0.5, 0.6) is 0 Å². The summed E-state index contributed by atoms with van der Waals surface area (Å²) in [6.45, 7) is 0. The van der Waals surface area contributed by atoms with Crippen LogP contribution in [0.25, 0.3) is 10.8 Å². The fourth-order valence-electron chi connectivity index (χ4n) is 2.47. The summed E-state index contributed by atoms with van der Waals surface area (Å²) in [4.78, 5) is 0. The maximum atomic E-state index is 10.4. The van der Waals surface area contributed by atoms with Crippen molar-refractivity contribution in [1.82, 2.24) is 0 Å². The van der Waals surface area contributed by atoms with Crippen LogP contribution in [0.1, 0.15) is 17.2 Å². The number of aliphatic hydroxyl groups is 1. The molecular formula is C18H14Cl2O. The topological polar surface area (TPSA) is 20.2 Å². The third-order valence-electron chi connectivity index (χ3n) is 3.51. The summed E-state index contributed by atoms with van der Waals surface area (Å²) in [5.41, 5.74) is 1.82. The molecule has 21 heavy (non-hydrogen) atoms. The van der Waals surface area contributed by atoms with E-state index in [1.54, 1.807) is 18.2 Å². The Morgan fingerprint density at radius 3 is 2.19 bits per heavy atom. The van der Waals surface area contributed by atoms with Crippen molar-refractivity contribution in [3.05, 3.63) is 81.8 Å². The van der Waals surface area contributed by atoms with Crippen LogP contribution < -0.4 is 0 Å². The molecule has 0 aliphatic rings.